The van der Waals surface area contributed by atoms with Crippen LogP contribution in [0.1, 0.15) is 12.5 Å². The quantitative estimate of drug-likeness (QED) is 0.802. The number of halogens is 3. The Morgan fingerprint density at radius 3 is 2.61 bits per heavy atom. The summed E-state index contributed by atoms with van der Waals surface area (Å²) in [7, 11) is 1.37. The van der Waals surface area contributed by atoms with Crippen LogP contribution in [0.4, 0.5) is 18.0 Å². The zero-order valence-corrected chi connectivity index (χ0v) is 12.6. The first-order valence-electron chi connectivity index (χ1n) is 6.66. The smallest absolute Gasteiger partial charge is 0.387 e. The Kier molecular flexibility index (Phi) is 6.67. The van der Waals surface area contributed by atoms with Crippen molar-refractivity contribution in [3.8, 4) is 5.75 Å². The van der Waals surface area contributed by atoms with Gasteiger partial charge in [-0.2, -0.15) is 8.78 Å². The number of rotatable bonds is 7. The van der Waals surface area contributed by atoms with E-state index in [1.54, 1.807) is 0 Å². The van der Waals surface area contributed by atoms with Gasteiger partial charge in [-0.1, -0.05) is 13.0 Å². The Morgan fingerprint density at radius 2 is 2.04 bits per heavy atom. The fourth-order valence-electron chi connectivity index (χ4n) is 1.79. The van der Waals surface area contributed by atoms with Crippen molar-refractivity contribution in [3.63, 3.8) is 0 Å². The average molecular weight is 334 g/mol. The van der Waals surface area contributed by atoms with Gasteiger partial charge in [-0.15, -0.1) is 0 Å². The molecule has 0 saturated heterocycles. The van der Waals surface area contributed by atoms with Gasteiger partial charge in [-0.05, 0) is 12.1 Å². The van der Waals surface area contributed by atoms with Gasteiger partial charge in [-0.3, -0.25) is 4.79 Å². The summed E-state index contributed by atoms with van der Waals surface area (Å²) in [5.74, 6) is -3.02. The number of carboxylic acids is 1. The first-order valence-corrected chi connectivity index (χ1v) is 6.66. The van der Waals surface area contributed by atoms with Gasteiger partial charge in [0.05, 0.1) is 12.5 Å². The van der Waals surface area contributed by atoms with Crippen molar-refractivity contribution >= 4 is 12.0 Å². The number of nitrogens with one attached hydrogen (secondary N) is 1. The molecule has 0 aliphatic heterocycles. The summed E-state index contributed by atoms with van der Waals surface area (Å²) in [6.07, 6.45) is 0. The van der Waals surface area contributed by atoms with E-state index >= 15 is 0 Å². The number of carboxylic acid groups (broad SMARTS) is 1. The molecule has 0 aromatic heterocycles. The maximum atomic E-state index is 13.7. The van der Waals surface area contributed by atoms with E-state index in [1.165, 1.54) is 20.0 Å². The SMILES string of the molecule is CC(CN(C)C(=O)NCc1c(F)cccc1OC(F)F)C(=O)O. The van der Waals surface area contributed by atoms with Crippen molar-refractivity contribution in [3.05, 3.63) is 29.6 Å². The minimum absolute atomic E-state index is 0.0567. The second-order valence-corrected chi connectivity index (χ2v) is 4.87. The number of benzene rings is 1. The van der Waals surface area contributed by atoms with E-state index in [4.69, 9.17) is 5.11 Å². The molecule has 0 aliphatic carbocycles. The minimum atomic E-state index is -3.12. The average Bonchev–Trinajstić information content (AvgIpc) is 2.45. The molecule has 23 heavy (non-hydrogen) atoms. The van der Waals surface area contributed by atoms with Crippen LogP contribution in [0, 0.1) is 11.7 Å². The summed E-state index contributed by atoms with van der Waals surface area (Å²) in [4.78, 5) is 23.7. The number of urea groups is 1. The van der Waals surface area contributed by atoms with Crippen LogP contribution in [0.2, 0.25) is 0 Å². The van der Waals surface area contributed by atoms with E-state index in [0.29, 0.717) is 0 Å². The summed E-state index contributed by atoms with van der Waals surface area (Å²) in [5.41, 5.74) is -0.221. The van der Waals surface area contributed by atoms with Crippen molar-refractivity contribution in [1.82, 2.24) is 10.2 Å². The Hall–Kier alpha value is -2.45. The minimum Gasteiger partial charge on any atom is -0.481 e. The zero-order valence-electron chi connectivity index (χ0n) is 12.6. The Balaban J connectivity index is 2.70. The normalized spacial score (nSPS) is 11.9. The molecule has 1 atom stereocenters. The molecule has 0 fully saturated rings. The summed E-state index contributed by atoms with van der Waals surface area (Å²) < 4.78 is 42.5. The van der Waals surface area contributed by atoms with Crippen molar-refractivity contribution < 1.29 is 32.6 Å². The number of aliphatic carboxylic acids is 1. The zero-order chi connectivity index (χ0) is 17.6. The van der Waals surface area contributed by atoms with Crippen LogP contribution in [0.3, 0.4) is 0 Å². The molecule has 9 heteroatoms. The molecule has 1 aromatic rings. The van der Waals surface area contributed by atoms with Crippen LogP contribution in [0.25, 0.3) is 0 Å². The molecule has 6 nitrogen and oxygen atoms in total. The van der Waals surface area contributed by atoms with Crippen LogP contribution in [-0.4, -0.2) is 42.2 Å². The second kappa shape index (κ2) is 8.25. The van der Waals surface area contributed by atoms with E-state index in [9.17, 15) is 22.8 Å². The van der Waals surface area contributed by atoms with Crippen molar-refractivity contribution in [1.29, 1.82) is 0 Å². The summed E-state index contributed by atoms with van der Waals surface area (Å²) in [5, 5.41) is 11.1. The van der Waals surface area contributed by atoms with Gasteiger partial charge >= 0.3 is 18.6 Å². The third-order valence-electron chi connectivity index (χ3n) is 3.02. The number of ether oxygens (including phenoxy) is 1. The van der Waals surface area contributed by atoms with Gasteiger partial charge in [0.2, 0.25) is 0 Å². The molecule has 0 bridgehead atoms. The van der Waals surface area contributed by atoms with E-state index in [2.05, 4.69) is 10.1 Å². The molecule has 0 aliphatic rings. The number of amides is 2. The van der Waals surface area contributed by atoms with E-state index < -0.39 is 30.3 Å². The second-order valence-electron chi connectivity index (χ2n) is 4.87. The highest BCUT2D eigenvalue weighted by Gasteiger charge is 2.19. The number of hydrogen-bond acceptors (Lipinski definition) is 3. The Labute approximate surface area is 130 Å². The summed E-state index contributed by atoms with van der Waals surface area (Å²) >= 11 is 0. The Morgan fingerprint density at radius 1 is 1.39 bits per heavy atom. The molecule has 1 rings (SSSR count). The standard InChI is InChI=1S/C14H17F3N2O4/c1-8(12(20)21)7-19(2)14(22)18-6-9-10(15)4-3-5-11(9)23-13(16)17/h3-5,8,13H,6-7H2,1-2H3,(H,18,22)(H,20,21). The lowest BCUT2D eigenvalue weighted by atomic mass is 10.2. The van der Waals surface area contributed by atoms with Crippen molar-refractivity contribution in [2.45, 2.75) is 20.1 Å². The number of carbonyl (C=O) groups is 2. The summed E-state index contributed by atoms with van der Waals surface area (Å²) in [6.45, 7) is -2.12. The molecule has 0 heterocycles. The van der Waals surface area contributed by atoms with Crippen LogP contribution in [0.15, 0.2) is 18.2 Å². The van der Waals surface area contributed by atoms with Gasteiger partial charge in [0, 0.05) is 19.2 Å². The van der Waals surface area contributed by atoms with Crippen molar-refractivity contribution in [2.75, 3.05) is 13.6 Å². The molecular formula is C14H17F3N2O4. The predicted molar refractivity (Wildman–Crippen MR) is 74.7 cm³/mol. The highest BCUT2D eigenvalue weighted by atomic mass is 19.3. The monoisotopic (exact) mass is 334 g/mol. The molecule has 128 valence electrons. The molecule has 0 radical (unpaired) electrons. The third-order valence-corrected chi connectivity index (χ3v) is 3.02. The molecule has 1 unspecified atom stereocenters. The lowest BCUT2D eigenvalue weighted by Gasteiger charge is -2.20. The van der Waals surface area contributed by atoms with Crippen LogP contribution < -0.4 is 10.1 Å². The first kappa shape index (κ1) is 18.6. The maximum absolute atomic E-state index is 13.7. The number of hydrogen-bond donors (Lipinski definition) is 2. The lowest BCUT2D eigenvalue weighted by Crippen LogP contribution is -2.40. The molecule has 1 aromatic carbocycles. The molecule has 0 saturated carbocycles. The van der Waals surface area contributed by atoms with Gasteiger partial charge in [0.25, 0.3) is 0 Å². The van der Waals surface area contributed by atoms with E-state index in [-0.39, 0.29) is 24.4 Å². The fraction of sp³-hybridized carbons (Fsp3) is 0.429. The number of nitrogens with zero attached hydrogens (tertiary/aromatic N) is 1. The van der Waals surface area contributed by atoms with Gasteiger partial charge in [-0.25, -0.2) is 9.18 Å². The molecule has 0 spiro atoms. The maximum Gasteiger partial charge on any atom is 0.387 e. The number of alkyl halides is 2. The predicted octanol–water partition coefficient (Wildman–Crippen LogP) is 2.29. The highest BCUT2D eigenvalue weighted by Crippen LogP contribution is 2.23. The molecular weight excluding hydrogens is 317 g/mol. The van der Waals surface area contributed by atoms with Crippen LogP contribution in [-0.2, 0) is 11.3 Å². The van der Waals surface area contributed by atoms with E-state index in [0.717, 1.165) is 17.0 Å². The van der Waals surface area contributed by atoms with Gasteiger partial charge in [0.15, 0.2) is 0 Å². The van der Waals surface area contributed by atoms with Crippen LogP contribution in [0.5, 0.6) is 5.75 Å². The largest absolute Gasteiger partial charge is 0.481 e. The molecule has 2 amide bonds. The third kappa shape index (κ3) is 5.68. The Bertz CT molecular complexity index is 569. The van der Waals surface area contributed by atoms with Gasteiger partial charge in [0.1, 0.15) is 11.6 Å². The highest BCUT2D eigenvalue weighted by molar-refractivity contribution is 5.75. The van der Waals surface area contributed by atoms with Gasteiger partial charge < -0.3 is 20.1 Å². The topological polar surface area (TPSA) is 78.9 Å². The molecule has 2 N–H and O–H groups in total. The fourth-order valence-corrected chi connectivity index (χ4v) is 1.79. The lowest BCUT2D eigenvalue weighted by molar-refractivity contribution is -0.141. The summed E-state index contributed by atoms with van der Waals surface area (Å²) in [6, 6.07) is 2.76. The first-order chi connectivity index (χ1) is 10.7. The number of carbonyl (C=O) groups excluding carboxylic acids is 1. The van der Waals surface area contributed by atoms with Crippen LogP contribution >= 0.6 is 0 Å². The van der Waals surface area contributed by atoms with E-state index in [1.807, 2.05) is 0 Å². The van der Waals surface area contributed by atoms with Crippen molar-refractivity contribution in [2.24, 2.45) is 5.92 Å².